The predicted octanol–water partition coefficient (Wildman–Crippen LogP) is 9.42. The van der Waals surface area contributed by atoms with Gasteiger partial charge >= 0.3 is 12.1 Å². The molecule has 1 unspecified atom stereocenters. The largest absolute Gasteiger partial charge is 0.389 e. The maximum atomic E-state index is 13.7. The fourth-order valence-corrected chi connectivity index (χ4v) is 6.47. The fraction of sp³-hybridized carbons (Fsp3) is 0.344. The molecule has 0 radical (unpaired) electrons. The molecule has 0 saturated heterocycles. The molecule has 4 nitrogen and oxygen atoms in total. The van der Waals surface area contributed by atoms with E-state index >= 15 is 0 Å². The number of ketones is 1. The highest BCUT2D eigenvalue weighted by atomic mass is 35.5. The van der Waals surface area contributed by atoms with Crippen LogP contribution in [0, 0.1) is 0 Å². The average molecular weight is 602 g/mol. The molecule has 3 aromatic rings. The van der Waals surface area contributed by atoms with Crippen LogP contribution in [0.2, 0.25) is 5.02 Å². The third-order valence-corrected chi connectivity index (χ3v) is 8.58. The summed E-state index contributed by atoms with van der Waals surface area (Å²) in [6.07, 6.45) is -3.31. The summed E-state index contributed by atoms with van der Waals surface area (Å²) in [4.78, 5) is 31.1. The van der Waals surface area contributed by atoms with Gasteiger partial charge in [0.1, 0.15) is 5.71 Å². The van der Waals surface area contributed by atoms with E-state index in [0.717, 1.165) is 27.1 Å². The Morgan fingerprint density at radius 2 is 1.68 bits per heavy atom. The van der Waals surface area contributed by atoms with Crippen LogP contribution in [0.4, 0.5) is 13.2 Å². The minimum Gasteiger partial charge on any atom is -0.318 e. The van der Waals surface area contributed by atoms with Crippen LogP contribution in [0.1, 0.15) is 73.9 Å². The second-order valence-corrected chi connectivity index (χ2v) is 11.7. The average Bonchev–Trinajstić information content (AvgIpc) is 3.21. The number of Topliss-reactive ketones (excluding diaryl/α,β-unsaturated/α-hetero) is 1. The van der Waals surface area contributed by atoms with E-state index in [4.69, 9.17) is 16.4 Å². The molecule has 1 atom stereocenters. The first kappa shape index (κ1) is 30.8. The number of halogens is 4. The van der Waals surface area contributed by atoms with Crippen molar-refractivity contribution in [2.24, 2.45) is 5.16 Å². The maximum absolute atomic E-state index is 13.7. The molecular weight excluding hydrogens is 571 g/mol. The number of hydrogen-bond acceptors (Lipinski definition) is 5. The predicted molar refractivity (Wildman–Crippen MR) is 158 cm³/mol. The van der Waals surface area contributed by atoms with Gasteiger partial charge in [-0.25, -0.2) is 4.79 Å². The quantitative estimate of drug-likeness (QED) is 0.0518. The standard InChI is InChI=1S/C32H31ClF3NO3S/c1-3-16-31(17-18-32(34,35)36)27-8-5-4-7-25(27)26-15-10-22(20-28(26)31)30(39)29(37-40-21(2)38)9-6-19-41-24-13-11-23(33)12-14-24/h4-5,7-8,10-15,20H,3,6,9,16-19H2,1-2H3/b37-29+. The Morgan fingerprint density at radius 3 is 2.37 bits per heavy atom. The van der Waals surface area contributed by atoms with Gasteiger partial charge in [0.15, 0.2) is 0 Å². The lowest BCUT2D eigenvalue weighted by atomic mass is 9.71. The minimum absolute atomic E-state index is 0.0868. The highest BCUT2D eigenvalue weighted by Crippen LogP contribution is 2.54. The number of fused-ring (bicyclic) bond motifs is 3. The molecule has 0 fully saturated rings. The summed E-state index contributed by atoms with van der Waals surface area (Å²) in [6, 6.07) is 20.2. The normalized spacial score (nSPS) is 16.3. The van der Waals surface area contributed by atoms with Crippen molar-refractivity contribution in [1.29, 1.82) is 0 Å². The smallest absolute Gasteiger partial charge is 0.318 e. The summed E-state index contributed by atoms with van der Waals surface area (Å²) in [5, 5.41) is 4.52. The van der Waals surface area contributed by atoms with Crippen molar-refractivity contribution in [2.45, 2.75) is 68.9 Å². The molecule has 4 rings (SSSR count). The van der Waals surface area contributed by atoms with Crippen LogP contribution in [-0.2, 0) is 15.0 Å². The van der Waals surface area contributed by atoms with Crippen LogP contribution in [0.3, 0.4) is 0 Å². The Morgan fingerprint density at radius 1 is 0.976 bits per heavy atom. The third-order valence-electron chi connectivity index (χ3n) is 7.23. The molecular formula is C32H31ClF3NO3S. The first-order chi connectivity index (χ1) is 19.5. The molecule has 0 bridgehead atoms. The van der Waals surface area contributed by atoms with Crippen LogP contribution < -0.4 is 0 Å². The van der Waals surface area contributed by atoms with E-state index in [9.17, 15) is 22.8 Å². The van der Waals surface area contributed by atoms with Gasteiger partial charge in [0.25, 0.3) is 0 Å². The molecule has 216 valence electrons. The molecule has 0 amide bonds. The molecule has 3 aromatic carbocycles. The number of carbonyl (C=O) groups excluding carboxylic acids is 2. The monoisotopic (exact) mass is 601 g/mol. The van der Waals surface area contributed by atoms with E-state index in [1.807, 2.05) is 49.4 Å². The van der Waals surface area contributed by atoms with Crippen molar-refractivity contribution in [3.05, 3.63) is 88.4 Å². The van der Waals surface area contributed by atoms with Gasteiger partial charge < -0.3 is 4.84 Å². The second-order valence-electron chi connectivity index (χ2n) is 10.1. The molecule has 1 aliphatic rings. The SMILES string of the molecule is CCCC1(CCC(F)(F)F)c2ccccc2-c2ccc(C(=O)/C(CCCSc3ccc(Cl)cc3)=N/OC(C)=O)cc21. The van der Waals surface area contributed by atoms with E-state index in [0.29, 0.717) is 35.6 Å². The summed E-state index contributed by atoms with van der Waals surface area (Å²) >= 11 is 7.55. The summed E-state index contributed by atoms with van der Waals surface area (Å²) < 4.78 is 40.5. The van der Waals surface area contributed by atoms with Gasteiger partial charge in [0, 0.05) is 34.2 Å². The van der Waals surface area contributed by atoms with Crippen molar-refractivity contribution < 1.29 is 27.6 Å². The molecule has 0 aromatic heterocycles. The maximum Gasteiger partial charge on any atom is 0.389 e. The van der Waals surface area contributed by atoms with Gasteiger partial charge in [-0.3, -0.25) is 4.79 Å². The van der Waals surface area contributed by atoms with Crippen molar-refractivity contribution in [3.63, 3.8) is 0 Å². The Kier molecular flexibility index (Phi) is 9.97. The number of thioether (sulfide) groups is 1. The van der Waals surface area contributed by atoms with Crippen LogP contribution in [0.15, 0.2) is 76.8 Å². The number of hydrogen-bond donors (Lipinski definition) is 0. The zero-order chi connectivity index (χ0) is 29.6. The highest BCUT2D eigenvalue weighted by molar-refractivity contribution is 7.99. The Balaban J connectivity index is 1.63. The van der Waals surface area contributed by atoms with Gasteiger partial charge in [-0.1, -0.05) is 66.5 Å². The second kappa shape index (κ2) is 13.3. The first-order valence-corrected chi connectivity index (χ1v) is 14.9. The molecule has 9 heteroatoms. The van der Waals surface area contributed by atoms with Gasteiger partial charge in [0.05, 0.1) is 0 Å². The van der Waals surface area contributed by atoms with E-state index in [-0.39, 0.29) is 18.6 Å². The van der Waals surface area contributed by atoms with E-state index in [2.05, 4.69) is 5.16 Å². The van der Waals surface area contributed by atoms with Gasteiger partial charge in [-0.2, -0.15) is 13.2 Å². The molecule has 0 aliphatic heterocycles. The number of alkyl halides is 3. The Labute approximate surface area is 247 Å². The number of oxime groups is 1. The Hall–Kier alpha value is -3.10. The van der Waals surface area contributed by atoms with Gasteiger partial charge in [0.2, 0.25) is 5.78 Å². The van der Waals surface area contributed by atoms with Gasteiger partial charge in [-0.15, -0.1) is 11.8 Å². The molecule has 0 saturated carbocycles. The first-order valence-electron chi connectivity index (χ1n) is 13.5. The van der Waals surface area contributed by atoms with Crippen LogP contribution in [0.5, 0.6) is 0 Å². The van der Waals surface area contributed by atoms with E-state index < -0.39 is 29.8 Å². The van der Waals surface area contributed by atoms with E-state index in [1.165, 1.54) is 6.92 Å². The molecule has 0 heterocycles. The van der Waals surface area contributed by atoms with Crippen LogP contribution >= 0.6 is 23.4 Å². The fourth-order valence-electron chi connectivity index (χ4n) is 5.49. The highest BCUT2D eigenvalue weighted by Gasteiger charge is 2.45. The summed E-state index contributed by atoms with van der Waals surface area (Å²) in [5.41, 5.74) is 2.84. The van der Waals surface area contributed by atoms with Crippen molar-refractivity contribution in [1.82, 2.24) is 0 Å². The molecule has 41 heavy (non-hydrogen) atoms. The number of benzene rings is 3. The zero-order valence-corrected chi connectivity index (χ0v) is 24.5. The zero-order valence-electron chi connectivity index (χ0n) is 22.9. The number of carbonyl (C=O) groups is 2. The molecule has 0 spiro atoms. The van der Waals surface area contributed by atoms with Crippen molar-refractivity contribution in [2.75, 3.05) is 5.75 Å². The van der Waals surface area contributed by atoms with Crippen molar-refractivity contribution >= 4 is 40.8 Å². The van der Waals surface area contributed by atoms with E-state index in [1.54, 1.807) is 36.0 Å². The minimum atomic E-state index is -4.31. The lowest BCUT2D eigenvalue weighted by Crippen LogP contribution is -2.28. The summed E-state index contributed by atoms with van der Waals surface area (Å²) in [5.74, 6) is -0.378. The lowest BCUT2D eigenvalue weighted by molar-refractivity contribution is -0.141. The molecule has 0 N–H and O–H groups in total. The third kappa shape index (κ3) is 7.41. The Bertz CT molecular complexity index is 1440. The summed E-state index contributed by atoms with van der Waals surface area (Å²) in [7, 11) is 0. The topological polar surface area (TPSA) is 55.7 Å². The van der Waals surface area contributed by atoms with Crippen LogP contribution in [-0.4, -0.2) is 29.4 Å². The molecule has 1 aliphatic carbocycles. The van der Waals surface area contributed by atoms with Crippen molar-refractivity contribution in [3.8, 4) is 11.1 Å². The van der Waals surface area contributed by atoms with Crippen LogP contribution in [0.25, 0.3) is 11.1 Å². The lowest BCUT2D eigenvalue weighted by Gasteiger charge is -2.32. The summed E-state index contributed by atoms with van der Waals surface area (Å²) in [6.45, 7) is 3.16. The number of nitrogens with zero attached hydrogens (tertiary/aromatic N) is 1. The number of rotatable bonds is 12. The van der Waals surface area contributed by atoms with Gasteiger partial charge in [-0.05, 0) is 84.0 Å².